The van der Waals surface area contributed by atoms with E-state index in [-0.39, 0.29) is 5.92 Å². The topological polar surface area (TPSA) is 75.8 Å². The van der Waals surface area contributed by atoms with Crippen LogP contribution in [0.3, 0.4) is 0 Å². The molecule has 0 aliphatic heterocycles. The highest BCUT2D eigenvalue weighted by molar-refractivity contribution is 5.74. The van der Waals surface area contributed by atoms with Crippen LogP contribution in [-0.2, 0) is 11.2 Å². The Bertz CT molecular complexity index is 871. The maximum atomic E-state index is 11.3. The third kappa shape index (κ3) is 5.03. The van der Waals surface area contributed by atoms with E-state index in [1.165, 1.54) is 0 Å². The number of hydrogen-bond acceptors (Lipinski definition) is 5. The fourth-order valence-electron chi connectivity index (χ4n) is 3.09. The Labute approximate surface area is 164 Å². The zero-order chi connectivity index (χ0) is 19.9. The number of ether oxygens (including phenoxy) is 1. The van der Waals surface area contributed by atoms with Crippen LogP contribution in [0.5, 0.6) is 5.75 Å². The van der Waals surface area contributed by atoms with Crippen LogP contribution >= 0.6 is 0 Å². The number of carboxylic acid groups (broad SMARTS) is 1. The number of benzene rings is 2. The van der Waals surface area contributed by atoms with Crippen molar-refractivity contribution in [1.29, 1.82) is 0 Å². The Morgan fingerprint density at radius 1 is 1.21 bits per heavy atom. The number of nitrogens with zero attached hydrogens (tertiary/aromatic N) is 2. The lowest BCUT2D eigenvalue weighted by Gasteiger charge is -2.15. The van der Waals surface area contributed by atoms with Crippen molar-refractivity contribution in [3.05, 3.63) is 54.1 Å². The summed E-state index contributed by atoms with van der Waals surface area (Å²) < 4.78 is 11.5. The van der Waals surface area contributed by atoms with Crippen LogP contribution in [0, 0.1) is 5.92 Å². The van der Waals surface area contributed by atoms with Crippen LogP contribution in [0.2, 0.25) is 0 Å². The van der Waals surface area contributed by atoms with E-state index in [1.807, 2.05) is 67.4 Å². The summed E-state index contributed by atoms with van der Waals surface area (Å²) >= 11 is 0. The minimum absolute atomic E-state index is 0.332. The molecule has 0 aliphatic carbocycles. The number of aromatic nitrogens is 1. The van der Waals surface area contributed by atoms with Crippen molar-refractivity contribution in [3.63, 3.8) is 0 Å². The highest BCUT2D eigenvalue weighted by Gasteiger charge is 2.16. The molecule has 0 radical (unpaired) electrons. The average molecular weight is 382 g/mol. The SMILES string of the molecule is CCCC(Cc1ccc(OCCN(C)c2nc3ccccc3o2)cc1)C(=O)O. The van der Waals surface area contributed by atoms with Gasteiger partial charge >= 0.3 is 5.97 Å². The third-order valence-electron chi connectivity index (χ3n) is 4.70. The molecule has 6 nitrogen and oxygen atoms in total. The second kappa shape index (κ2) is 9.26. The fraction of sp³-hybridized carbons (Fsp3) is 0.364. The van der Waals surface area contributed by atoms with E-state index >= 15 is 0 Å². The predicted octanol–water partition coefficient (Wildman–Crippen LogP) is 4.39. The van der Waals surface area contributed by atoms with Gasteiger partial charge in [0.05, 0.1) is 12.5 Å². The molecule has 1 aromatic heterocycles. The number of carboxylic acids is 1. The molecule has 0 amide bonds. The summed E-state index contributed by atoms with van der Waals surface area (Å²) in [6.45, 7) is 3.12. The lowest BCUT2D eigenvalue weighted by molar-refractivity contribution is -0.141. The maximum Gasteiger partial charge on any atom is 0.306 e. The van der Waals surface area contributed by atoms with Crippen molar-refractivity contribution in [2.45, 2.75) is 26.2 Å². The van der Waals surface area contributed by atoms with E-state index in [1.54, 1.807) is 0 Å². The quantitative estimate of drug-likeness (QED) is 0.561. The molecule has 2 aromatic carbocycles. The molecule has 0 spiro atoms. The molecule has 0 aliphatic rings. The summed E-state index contributed by atoms with van der Waals surface area (Å²) in [4.78, 5) is 17.7. The molecular formula is C22H26N2O4. The number of rotatable bonds is 10. The van der Waals surface area contributed by atoms with Crippen LogP contribution in [0.1, 0.15) is 25.3 Å². The number of oxazole rings is 1. The van der Waals surface area contributed by atoms with Crippen LogP contribution in [0.25, 0.3) is 11.1 Å². The largest absolute Gasteiger partial charge is 0.492 e. The monoisotopic (exact) mass is 382 g/mol. The van der Waals surface area contributed by atoms with Gasteiger partial charge in [0, 0.05) is 7.05 Å². The van der Waals surface area contributed by atoms with Gasteiger partial charge in [0.2, 0.25) is 0 Å². The first kappa shape index (κ1) is 19.7. The highest BCUT2D eigenvalue weighted by atomic mass is 16.5. The lowest BCUT2D eigenvalue weighted by Crippen LogP contribution is -2.23. The van der Waals surface area contributed by atoms with Gasteiger partial charge in [-0.05, 0) is 42.7 Å². The Morgan fingerprint density at radius 3 is 2.64 bits per heavy atom. The van der Waals surface area contributed by atoms with E-state index in [0.717, 1.165) is 28.8 Å². The van der Waals surface area contributed by atoms with Gasteiger partial charge in [0.15, 0.2) is 5.58 Å². The summed E-state index contributed by atoms with van der Waals surface area (Å²) in [6.07, 6.45) is 2.10. The Kier molecular flexibility index (Phi) is 6.53. The molecule has 0 saturated carbocycles. The predicted molar refractivity (Wildman–Crippen MR) is 109 cm³/mol. The first-order valence-electron chi connectivity index (χ1n) is 9.58. The van der Waals surface area contributed by atoms with Crippen LogP contribution < -0.4 is 9.64 Å². The van der Waals surface area contributed by atoms with Gasteiger partial charge in [-0.15, -0.1) is 0 Å². The van der Waals surface area contributed by atoms with E-state index in [9.17, 15) is 9.90 Å². The van der Waals surface area contributed by atoms with Gasteiger partial charge in [0.1, 0.15) is 17.9 Å². The Hall–Kier alpha value is -3.02. The van der Waals surface area contributed by atoms with Crippen LogP contribution in [0.4, 0.5) is 6.01 Å². The second-order valence-corrected chi connectivity index (χ2v) is 6.91. The Balaban J connectivity index is 1.49. The van der Waals surface area contributed by atoms with Crippen molar-refractivity contribution < 1.29 is 19.1 Å². The molecule has 0 saturated heterocycles. The first-order valence-corrected chi connectivity index (χ1v) is 9.58. The highest BCUT2D eigenvalue weighted by Crippen LogP contribution is 2.21. The summed E-state index contributed by atoms with van der Waals surface area (Å²) in [5.74, 6) is -0.303. The van der Waals surface area contributed by atoms with Gasteiger partial charge in [-0.1, -0.05) is 37.6 Å². The van der Waals surface area contributed by atoms with Gasteiger partial charge in [0.25, 0.3) is 6.01 Å². The normalized spacial score (nSPS) is 12.1. The minimum atomic E-state index is -0.732. The number of para-hydroxylation sites is 2. The van der Waals surface area contributed by atoms with E-state index in [0.29, 0.717) is 32.0 Å². The van der Waals surface area contributed by atoms with Crippen LogP contribution in [0.15, 0.2) is 52.9 Å². The number of fused-ring (bicyclic) bond motifs is 1. The fourth-order valence-corrected chi connectivity index (χ4v) is 3.09. The molecule has 1 heterocycles. The van der Waals surface area contributed by atoms with Crippen LogP contribution in [-0.4, -0.2) is 36.3 Å². The van der Waals surface area contributed by atoms with Crippen molar-refractivity contribution in [1.82, 2.24) is 4.98 Å². The maximum absolute atomic E-state index is 11.3. The smallest absolute Gasteiger partial charge is 0.306 e. The zero-order valence-electron chi connectivity index (χ0n) is 16.3. The molecule has 148 valence electrons. The van der Waals surface area contributed by atoms with E-state index in [2.05, 4.69) is 4.98 Å². The standard InChI is InChI=1S/C22H26N2O4/c1-3-6-17(21(25)26)15-16-9-11-18(12-10-16)27-14-13-24(2)22-23-19-7-4-5-8-20(19)28-22/h4-5,7-12,17H,3,6,13-15H2,1-2H3,(H,25,26). The van der Waals surface area contributed by atoms with E-state index in [4.69, 9.17) is 9.15 Å². The summed E-state index contributed by atoms with van der Waals surface area (Å²) in [5.41, 5.74) is 2.61. The lowest BCUT2D eigenvalue weighted by atomic mass is 9.95. The molecule has 3 rings (SSSR count). The van der Waals surface area contributed by atoms with Crippen molar-refractivity contribution in [3.8, 4) is 5.75 Å². The molecule has 1 atom stereocenters. The molecular weight excluding hydrogens is 356 g/mol. The molecule has 0 bridgehead atoms. The second-order valence-electron chi connectivity index (χ2n) is 6.91. The number of likely N-dealkylation sites (N-methyl/N-ethyl adjacent to an activating group) is 1. The number of anilines is 1. The first-order chi connectivity index (χ1) is 13.6. The summed E-state index contributed by atoms with van der Waals surface area (Å²) in [6, 6.07) is 15.9. The van der Waals surface area contributed by atoms with Gasteiger partial charge in [-0.25, -0.2) is 0 Å². The number of aliphatic carboxylic acids is 1. The number of carbonyl (C=O) groups is 1. The van der Waals surface area contributed by atoms with Crippen molar-refractivity contribution in [2.75, 3.05) is 25.1 Å². The summed E-state index contributed by atoms with van der Waals surface area (Å²) in [5, 5.41) is 9.29. The third-order valence-corrected chi connectivity index (χ3v) is 4.70. The molecule has 3 aromatic rings. The summed E-state index contributed by atoms with van der Waals surface area (Å²) in [7, 11) is 1.91. The molecule has 0 fully saturated rings. The molecule has 28 heavy (non-hydrogen) atoms. The van der Waals surface area contributed by atoms with Gasteiger partial charge < -0.3 is 19.2 Å². The van der Waals surface area contributed by atoms with Crippen molar-refractivity contribution in [2.24, 2.45) is 5.92 Å². The molecule has 1 N–H and O–H groups in total. The average Bonchev–Trinajstić information content (AvgIpc) is 3.13. The van der Waals surface area contributed by atoms with Crippen molar-refractivity contribution >= 4 is 23.1 Å². The van der Waals surface area contributed by atoms with Gasteiger partial charge in [-0.3, -0.25) is 4.79 Å². The minimum Gasteiger partial charge on any atom is -0.492 e. The molecule has 6 heteroatoms. The van der Waals surface area contributed by atoms with Gasteiger partial charge in [-0.2, -0.15) is 4.98 Å². The Morgan fingerprint density at radius 2 is 1.96 bits per heavy atom. The van der Waals surface area contributed by atoms with E-state index < -0.39 is 5.97 Å². The molecule has 1 unspecified atom stereocenters. The number of hydrogen-bond donors (Lipinski definition) is 1. The zero-order valence-corrected chi connectivity index (χ0v) is 16.3.